The third kappa shape index (κ3) is 5.44. The summed E-state index contributed by atoms with van der Waals surface area (Å²) in [6, 6.07) is 7.23. The minimum absolute atomic E-state index is 0.294. The summed E-state index contributed by atoms with van der Waals surface area (Å²) < 4.78 is 66.1. The van der Waals surface area contributed by atoms with Crippen LogP contribution in [-0.4, -0.2) is 51.5 Å². The van der Waals surface area contributed by atoms with Crippen LogP contribution in [-0.2, 0) is 16.2 Å². The predicted molar refractivity (Wildman–Crippen MR) is 110 cm³/mol. The monoisotopic (exact) mass is 458 g/mol. The molecule has 0 unspecified atom stereocenters. The van der Waals surface area contributed by atoms with Gasteiger partial charge in [-0.05, 0) is 50.3 Å². The van der Waals surface area contributed by atoms with Crippen molar-refractivity contribution in [2.24, 2.45) is 0 Å². The van der Waals surface area contributed by atoms with Crippen LogP contribution in [0.1, 0.15) is 12.0 Å². The van der Waals surface area contributed by atoms with E-state index in [0.29, 0.717) is 31.4 Å². The minimum Gasteiger partial charge on any atom is -0.365 e. The maximum absolute atomic E-state index is 12.9. The number of nitro benzene ring substituents is 1. The molecule has 3 rings (SSSR count). The Bertz CT molecular complexity index is 1080. The molecule has 0 saturated carbocycles. The van der Waals surface area contributed by atoms with Gasteiger partial charge in [-0.1, -0.05) is 6.07 Å². The van der Waals surface area contributed by atoms with E-state index in [1.54, 1.807) is 0 Å². The summed E-state index contributed by atoms with van der Waals surface area (Å²) in [5, 5.41) is 11.6. The average molecular weight is 458 g/mol. The van der Waals surface area contributed by atoms with Crippen molar-refractivity contribution >= 4 is 27.1 Å². The molecule has 31 heavy (non-hydrogen) atoms. The lowest BCUT2D eigenvalue weighted by molar-refractivity contribution is -0.384. The molecule has 1 fully saturated rings. The van der Waals surface area contributed by atoms with E-state index in [-0.39, 0.29) is 11.4 Å². The summed E-state index contributed by atoms with van der Waals surface area (Å²) in [6.45, 7) is 2.68. The first-order valence-corrected chi connectivity index (χ1v) is 10.9. The van der Waals surface area contributed by atoms with Crippen LogP contribution < -0.4 is 9.62 Å². The van der Waals surface area contributed by atoms with E-state index in [1.165, 1.54) is 18.2 Å². The molecule has 1 heterocycles. The molecule has 0 atom stereocenters. The Kier molecular flexibility index (Phi) is 6.41. The smallest absolute Gasteiger partial charge is 0.365 e. The van der Waals surface area contributed by atoms with Crippen LogP contribution >= 0.6 is 0 Å². The van der Waals surface area contributed by atoms with Gasteiger partial charge in [0.25, 0.3) is 15.7 Å². The number of nitro groups is 1. The molecule has 0 aromatic heterocycles. The van der Waals surface area contributed by atoms with E-state index < -0.39 is 31.6 Å². The SMILES string of the molecule is CN1CCCN(c2ccc(S(=O)(=O)Nc3cccc(C(F)(F)F)c3)cc2[N+](=O)[O-])CC1. The molecule has 0 aliphatic carbocycles. The minimum atomic E-state index is -4.64. The van der Waals surface area contributed by atoms with E-state index in [1.807, 2.05) is 11.9 Å². The van der Waals surface area contributed by atoms with Crippen LogP contribution in [0, 0.1) is 10.1 Å². The highest BCUT2D eigenvalue weighted by Gasteiger charge is 2.31. The van der Waals surface area contributed by atoms with Crippen molar-refractivity contribution in [3.63, 3.8) is 0 Å². The molecule has 12 heteroatoms. The standard InChI is InChI=1S/C19H21F3N4O4S/c1-24-8-3-9-25(11-10-24)17-7-6-16(13-18(17)26(27)28)31(29,30)23-15-5-2-4-14(12-15)19(20,21)22/h2,4-7,12-13,23H,3,8-11H2,1H3. The molecule has 168 valence electrons. The fourth-order valence-electron chi connectivity index (χ4n) is 3.34. The molecule has 0 radical (unpaired) electrons. The second kappa shape index (κ2) is 8.71. The summed E-state index contributed by atoms with van der Waals surface area (Å²) in [7, 11) is -2.39. The Morgan fingerprint density at radius 2 is 1.81 bits per heavy atom. The van der Waals surface area contributed by atoms with Crippen LogP contribution in [0.4, 0.5) is 30.2 Å². The largest absolute Gasteiger partial charge is 0.416 e. The highest BCUT2D eigenvalue weighted by atomic mass is 32.2. The van der Waals surface area contributed by atoms with Crippen molar-refractivity contribution < 1.29 is 26.5 Å². The van der Waals surface area contributed by atoms with Crippen LogP contribution in [0.2, 0.25) is 0 Å². The Hall–Kier alpha value is -2.86. The molecule has 1 aliphatic heterocycles. The van der Waals surface area contributed by atoms with Crippen LogP contribution in [0.5, 0.6) is 0 Å². The highest BCUT2D eigenvalue weighted by molar-refractivity contribution is 7.92. The summed E-state index contributed by atoms with van der Waals surface area (Å²) >= 11 is 0. The van der Waals surface area contributed by atoms with E-state index in [2.05, 4.69) is 9.62 Å². The third-order valence-corrected chi connectivity index (χ3v) is 6.34. The van der Waals surface area contributed by atoms with Gasteiger partial charge in [0.1, 0.15) is 5.69 Å². The number of hydrogen-bond acceptors (Lipinski definition) is 6. The van der Waals surface area contributed by atoms with Crippen molar-refractivity contribution in [2.45, 2.75) is 17.5 Å². The molecular weight excluding hydrogens is 437 g/mol. The van der Waals surface area contributed by atoms with Crippen molar-refractivity contribution in [1.82, 2.24) is 4.90 Å². The number of hydrogen-bond donors (Lipinski definition) is 1. The lowest BCUT2D eigenvalue weighted by Crippen LogP contribution is -2.29. The van der Waals surface area contributed by atoms with Crippen LogP contribution in [0.15, 0.2) is 47.4 Å². The molecule has 2 aromatic carbocycles. The Labute approximate surface area is 177 Å². The number of alkyl halides is 3. The Morgan fingerprint density at radius 3 is 2.48 bits per heavy atom. The lowest BCUT2D eigenvalue weighted by atomic mass is 10.2. The van der Waals surface area contributed by atoms with Crippen LogP contribution in [0.3, 0.4) is 0 Å². The quantitative estimate of drug-likeness (QED) is 0.544. The van der Waals surface area contributed by atoms with Gasteiger partial charge in [-0.3, -0.25) is 14.8 Å². The van der Waals surface area contributed by atoms with Gasteiger partial charge >= 0.3 is 6.18 Å². The second-order valence-corrected chi connectivity index (χ2v) is 8.92. The summed E-state index contributed by atoms with van der Waals surface area (Å²) in [4.78, 5) is 14.5. The van der Waals surface area contributed by atoms with Crippen molar-refractivity contribution in [2.75, 3.05) is 42.8 Å². The molecule has 8 nitrogen and oxygen atoms in total. The first kappa shape index (κ1) is 22.8. The lowest BCUT2D eigenvalue weighted by Gasteiger charge is -2.22. The van der Waals surface area contributed by atoms with E-state index in [0.717, 1.165) is 31.2 Å². The summed E-state index contributed by atoms with van der Waals surface area (Å²) in [5.41, 5.74) is -1.38. The number of nitrogens with one attached hydrogen (secondary N) is 1. The Balaban J connectivity index is 1.92. The molecular formula is C19H21F3N4O4S. The average Bonchev–Trinajstić information content (AvgIpc) is 2.91. The molecule has 1 N–H and O–H groups in total. The molecule has 2 aromatic rings. The zero-order chi connectivity index (χ0) is 22.8. The molecule has 1 aliphatic rings. The van der Waals surface area contributed by atoms with Gasteiger partial charge in [0.05, 0.1) is 15.4 Å². The number of anilines is 2. The first-order chi connectivity index (χ1) is 14.5. The van der Waals surface area contributed by atoms with Crippen molar-refractivity contribution in [1.29, 1.82) is 0 Å². The van der Waals surface area contributed by atoms with E-state index in [9.17, 15) is 31.7 Å². The second-order valence-electron chi connectivity index (χ2n) is 7.24. The summed E-state index contributed by atoms with van der Waals surface area (Å²) in [6.07, 6.45) is -3.84. The molecule has 0 amide bonds. The highest BCUT2D eigenvalue weighted by Crippen LogP contribution is 2.33. The zero-order valence-electron chi connectivity index (χ0n) is 16.6. The first-order valence-electron chi connectivity index (χ1n) is 9.39. The normalized spacial score (nSPS) is 16.1. The van der Waals surface area contributed by atoms with Gasteiger partial charge in [-0.2, -0.15) is 13.2 Å². The fraction of sp³-hybridized carbons (Fsp3) is 0.368. The maximum Gasteiger partial charge on any atom is 0.416 e. The van der Waals surface area contributed by atoms with Gasteiger partial charge < -0.3 is 9.80 Å². The van der Waals surface area contributed by atoms with E-state index >= 15 is 0 Å². The zero-order valence-corrected chi connectivity index (χ0v) is 17.4. The van der Waals surface area contributed by atoms with Crippen molar-refractivity contribution in [3.05, 3.63) is 58.1 Å². The number of likely N-dealkylation sites (N-methyl/N-ethyl adjacent to an activating group) is 1. The predicted octanol–water partition coefficient (Wildman–Crippen LogP) is 3.56. The topological polar surface area (TPSA) is 95.8 Å². The number of sulfonamides is 1. The van der Waals surface area contributed by atoms with Gasteiger partial charge in [-0.15, -0.1) is 0 Å². The number of halogens is 3. The van der Waals surface area contributed by atoms with E-state index in [4.69, 9.17) is 0 Å². The van der Waals surface area contributed by atoms with Crippen LogP contribution in [0.25, 0.3) is 0 Å². The number of nitrogens with zero attached hydrogens (tertiary/aromatic N) is 3. The molecule has 0 bridgehead atoms. The number of rotatable bonds is 5. The molecule has 0 spiro atoms. The van der Waals surface area contributed by atoms with Gasteiger partial charge in [-0.25, -0.2) is 8.42 Å². The fourth-order valence-corrected chi connectivity index (χ4v) is 4.41. The Morgan fingerprint density at radius 1 is 1.06 bits per heavy atom. The van der Waals surface area contributed by atoms with Gasteiger partial charge in [0.15, 0.2) is 0 Å². The third-order valence-electron chi connectivity index (χ3n) is 4.96. The van der Waals surface area contributed by atoms with Gasteiger partial charge in [0.2, 0.25) is 0 Å². The summed E-state index contributed by atoms with van der Waals surface area (Å²) in [5.74, 6) is 0. The van der Waals surface area contributed by atoms with Gasteiger partial charge in [0, 0.05) is 31.4 Å². The maximum atomic E-state index is 12.9. The number of benzene rings is 2. The van der Waals surface area contributed by atoms with Crippen molar-refractivity contribution in [3.8, 4) is 0 Å². The molecule has 1 saturated heterocycles.